The first-order valence-electron chi connectivity index (χ1n) is 6.26. The summed E-state index contributed by atoms with van der Waals surface area (Å²) >= 11 is 0. The van der Waals surface area contributed by atoms with Crippen LogP contribution in [0.25, 0.3) is 0 Å². The first-order chi connectivity index (χ1) is 9.19. The van der Waals surface area contributed by atoms with Crippen LogP contribution >= 0.6 is 12.4 Å². The van der Waals surface area contributed by atoms with E-state index in [4.69, 9.17) is 10.5 Å². The van der Waals surface area contributed by atoms with E-state index in [-0.39, 0.29) is 12.4 Å². The Labute approximate surface area is 125 Å². The number of esters is 1. The van der Waals surface area contributed by atoms with Crippen molar-refractivity contribution >= 4 is 18.4 Å². The first-order valence-corrected chi connectivity index (χ1v) is 6.26. The molecule has 0 radical (unpaired) electrons. The molecule has 0 heterocycles. The lowest BCUT2D eigenvalue weighted by atomic mass is 9.84. The van der Waals surface area contributed by atoms with Crippen molar-refractivity contribution in [1.29, 1.82) is 0 Å². The van der Waals surface area contributed by atoms with Gasteiger partial charge in [-0.25, -0.2) is 4.79 Å². The predicted molar refractivity (Wildman–Crippen MR) is 81.7 cm³/mol. The standard InChI is InChI=1S/C16H17NO2.ClH/c1-2-19-15(18)16(17,13-9-5-3-6-10-13)14-11-7-4-8-12-14;/h3-12H,2,17H2,1H3;1H. The number of hydrogen-bond donors (Lipinski definition) is 1. The molecule has 2 rings (SSSR count). The molecule has 0 bridgehead atoms. The van der Waals surface area contributed by atoms with Gasteiger partial charge >= 0.3 is 5.97 Å². The van der Waals surface area contributed by atoms with Crippen molar-refractivity contribution in [3.05, 3.63) is 71.8 Å². The summed E-state index contributed by atoms with van der Waals surface area (Å²) in [6, 6.07) is 18.6. The lowest BCUT2D eigenvalue weighted by Gasteiger charge is -2.28. The molecule has 0 amide bonds. The fraction of sp³-hybridized carbons (Fsp3) is 0.188. The van der Waals surface area contributed by atoms with Gasteiger partial charge < -0.3 is 10.5 Å². The van der Waals surface area contributed by atoms with Crippen molar-refractivity contribution in [2.45, 2.75) is 12.5 Å². The van der Waals surface area contributed by atoms with Gasteiger partial charge in [-0.2, -0.15) is 0 Å². The van der Waals surface area contributed by atoms with Gasteiger partial charge in [0, 0.05) is 0 Å². The normalized spacial score (nSPS) is 10.5. The number of hydrogen-bond acceptors (Lipinski definition) is 3. The summed E-state index contributed by atoms with van der Waals surface area (Å²) < 4.78 is 5.15. The van der Waals surface area contributed by atoms with Gasteiger partial charge in [0.15, 0.2) is 5.54 Å². The first kappa shape index (κ1) is 16.2. The molecule has 0 atom stereocenters. The molecule has 0 aliphatic heterocycles. The van der Waals surface area contributed by atoms with Crippen molar-refractivity contribution in [2.24, 2.45) is 5.73 Å². The summed E-state index contributed by atoms with van der Waals surface area (Å²) in [5.74, 6) is -0.438. The van der Waals surface area contributed by atoms with E-state index >= 15 is 0 Å². The molecule has 0 aliphatic carbocycles. The quantitative estimate of drug-likeness (QED) is 0.881. The van der Waals surface area contributed by atoms with Crippen LogP contribution in [0.5, 0.6) is 0 Å². The topological polar surface area (TPSA) is 52.3 Å². The van der Waals surface area contributed by atoms with Crippen molar-refractivity contribution in [1.82, 2.24) is 0 Å². The highest BCUT2D eigenvalue weighted by Crippen LogP contribution is 2.28. The fourth-order valence-electron chi connectivity index (χ4n) is 2.05. The van der Waals surface area contributed by atoms with Gasteiger partial charge in [0.1, 0.15) is 0 Å². The Morgan fingerprint density at radius 1 is 1.00 bits per heavy atom. The van der Waals surface area contributed by atoms with Crippen molar-refractivity contribution < 1.29 is 9.53 Å². The van der Waals surface area contributed by atoms with Gasteiger partial charge in [-0.3, -0.25) is 0 Å². The highest BCUT2D eigenvalue weighted by Gasteiger charge is 2.39. The Hall–Kier alpha value is -1.84. The van der Waals surface area contributed by atoms with Crippen LogP contribution in [-0.2, 0) is 15.1 Å². The molecule has 0 unspecified atom stereocenters. The van der Waals surface area contributed by atoms with Crippen LogP contribution in [0.4, 0.5) is 0 Å². The average Bonchev–Trinajstić information content (AvgIpc) is 2.48. The van der Waals surface area contributed by atoms with Crippen molar-refractivity contribution in [3.8, 4) is 0 Å². The zero-order chi connectivity index (χ0) is 13.7. The van der Waals surface area contributed by atoms with Gasteiger partial charge in [-0.15, -0.1) is 12.4 Å². The number of nitrogens with two attached hydrogens (primary N) is 1. The summed E-state index contributed by atoms with van der Waals surface area (Å²) in [5, 5.41) is 0. The third kappa shape index (κ3) is 3.00. The second-order valence-corrected chi connectivity index (χ2v) is 4.26. The predicted octanol–water partition coefficient (Wildman–Crippen LogP) is 2.87. The van der Waals surface area contributed by atoms with E-state index in [1.165, 1.54) is 0 Å². The molecule has 0 saturated carbocycles. The van der Waals surface area contributed by atoms with Gasteiger partial charge in [0.05, 0.1) is 6.61 Å². The third-order valence-electron chi connectivity index (χ3n) is 3.06. The molecule has 0 spiro atoms. The van der Waals surface area contributed by atoms with E-state index in [0.29, 0.717) is 6.61 Å². The largest absolute Gasteiger partial charge is 0.464 e. The van der Waals surface area contributed by atoms with Crippen molar-refractivity contribution in [3.63, 3.8) is 0 Å². The van der Waals surface area contributed by atoms with Gasteiger partial charge in [0.2, 0.25) is 0 Å². The minimum Gasteiger partial charge on any atom is -0.464 e. The van der Waals surface area contributed by atoms with Crippen LogP contribution in [0.3, 0.4) is 0 Å². The number of carbonyl (C=O) groups excluding carboxylic acids is 1. The molecule has 4 heteroatoms. The summed E-state index contributed by atoms with van der Waals surface area (Å²) in [6.45, 7) is 2.08. The second kappa shape index (κ2) is 7.08. The zero-order valence-corrected chi connectivity index (χ0v) is 12.1. The Bertz CT molecular complexity index is 503. The average molecular weight is 292 g/mol. The summed E-state index contributed by atoms with van der Waals surface area (Å²) in [5.41, 5.74) is 6.57. The molecular weight excluding hydrogens is 274 g/mol. The van der Waals surface area contributed by atoms with Crippen LogP contribution in [-0.4, -0.2) is 12.6 Å². The maximum absolute atomic E-state index is 12.3. The van der Waals surface area contributed by atoms with E-state index in [9.17, 15) is 4.79 Å². The van der Waals surface area contributed by atoms with E-state index < -0.39 is 11.5 Å². The Kier molecular flexibility index (Phi) is 5.74. The minimum absolute atomic E-state index is 0. The number of benzene rings is 2. The summed E-state index contributed by atoms with van der Waals surface area (Å²) in [7, 11) is 0. The molecule has 106 valence electrons. The molecule has 0 aliphatic rings. The molecule has 0 saturated heterocycles. The molecular formula is C16H18ClNO2. The van der Waals surface area contributed by atoms with Gasteiger partial charge in [0.25, 0.3) is 0 Å². The monoisotopic (exact) mass is 291 g/mol. The zero-order valence-electron chi connectivity index (χ0n) is 11.3. The van der Waals surface area contributed by atoms with Crippen molar-refractivity contribution in [2.75, 3.05) is 6.61 Å². The molecule has 2 aromatic carbocycles. The second-order valence-electron chi connectivity index (χ2n) is 4.26. The lowest BCUT2D eigenvalue weighted by molar-refractivity contribution is -0.148. The molecule has 0 aromatic heterocycles. The summed E-state index contributed by atoms with van der Waals surface area (Å²) in [4.78, 5) is 12.3. The maximum atomic E-state index is 12.3. The van der Waals surface area contributed by atoms with E-state index in [0.717, 1.165) is 11.1 Å². The number of ether oxygens (including phenoxy) is 1. The Morgan fingerprint density at radius 3 is 1.75 bits per heavy atom. The van der Waals surface area contributed by atoms with E-state index in [1.54, 1.807) is 6.92 Å². The highest BCUT2D eigenvalue weighted by molar-refractivity contribution is 5.86. The van der Waals surface area contributed by atoms with E-state index in [1.807, 2.05) is 60.7 Å². The molecule has 0 fully saturated rings. The highest BCUT2D eigenvalue weighted by atomic mass is 35.5. The Balaban J connectivity index is 0.00000200. The number of rotatable bonds is 4. The lowest BCUT2D eigenvalue weighted by Crippen LogP contribution is -2.47. The Morgan fingerprint density at radius 2 is 1.40 bits per heavy atom. The smallest absolute Gasteiger partial charge is 0.335 e. The third-order valence-corrected chi connectivity index (χ3v) is 3.06. The number of halogens is 1. The number of carbonyl (C=O) groups is 1. The van der Waals surface area contributed by atoms with Gasteiger partial charge in [-0.1, -0.05) is 60.7 Å². The SMILES string of the molecule is CCOC(=O)C(N)(c1ccccc1)c1ccccc1.Cl. The minimum atomic E-state index is -1.27. The van der Waals surface area contributed by atoms with E-state index in [2.05, 4.69) is 0 Å². The molecule has 2 aromatic rings. The van der Waals surface area contributed by atoms with Crippen LogP contribution < -0.4 is 5.73 Å². The molecule has 2 N–H and O–H groups in total. The van der Waals surface area contributed by atoms with Gasteiger partial charge in [-0.05, 0) is 18.1 Å². The summed E-state index contributed by atoms with van der Waals surface area (Å²) in [6.07, 6.45) is 0. The van der Waals surface area contributed by atoms with Crippen LogP contribution in [0, 0.1) is 0 Å². The van der Waals surface area contributed by atoms with Crippen LogP contribution in [0.15, 0.2) is 60.7 Å². The van der Waals surface area contributed by atoms with Crippen LogP contribution in [0.2, 0.25) is 0 Å². The maximum Gasteiger partial charge on any atom is 0.335 e. The van der Waals surface area contributed by atoms with Crippen LogP contribution in [0.1, 0.15) is 18.1 Å². The molecule has 20 heavy (non-hydrogen) atoms. The molecule has 3 nitrogen and oxygen atoms in total. The fourth-order valence-corrected chi connectivity index (χ4v) is 2.05.